The van der Waals surface area contributed by atoms with Crippen LogP contribution in [0.1, 0.15) is 22.3 Å². The van der Waals surface area contributed by atoms with Gasteiger partial charge in [0.25, 0.3) is 0 Å². The second-order valence-electron chi connectivity index (χ2n) is 6.54. The van der Waals surface area contributed by atoms with Crippen molar-refractivity contribution in [2.75, 3.05) is 12.4 Å². The van der Waals surface area contributed by atoms with Crippen LogP contribution in [0.4, 0.5) is 5.69 Å². The molecule has 0 aliphatic rings. The largest absolute Gasteiger partial charge is 0.493 e. The van der Waals surface area contributed by atoms with Crippen LogP contribution in [0, 0.1) is 13.8 Å². The van der Waals surface area contributed by atoms with Gasteiger partial charge in [-0.15, -0.1) is 0 Å². The standard InChI is InChI=1S/C23H24ClNO2/c1-16-8-10-21(17(2)12-16)25-14-18-9-11-22(23(13-18)26-3)27-15-19-6-4-5-7-20(19)24/h4-13,25H,14-15H2,1-3H3. The fourth-order valence-electron chi connectivity index (χ4n) is 2.92. The third-order valence-electron chi connectivity index (χ3n) is 4.43. The van der Waals surface area contributed by atoms with Crippen LogP contribution in [0.15, 0.2) is 60.7 Å². The lowest BCUT2D eigenvalue weighted by Crippen LogP contribution is -2.03. The molecule has 0 spiro atoms. The van der Waals surface area contributed by atoms with Gasteiger partial charge in [-0.2, -0.15) is 0 Å². The van der Waals surface area contributed by atoms with Gasteiger partial charge in [0.05, 0.1) is 7.11 Å². The fraction of sp³-hybridized carbons (Fsp3) is 0.217. The summed E-state index contributed by atoms with van der Waals surface area (Å²) in [6, 6.07) is 20.1. The molecule has 0 radical (unpaired) electrons. The van der Waals surface area contributed by atoms with E-state index in [1.165, 1.54) is 11.1 Å². The zero-order valence-electron chi connectivity index (χ0n) is 15.9. The molecule has 0 aliphatic heterocycles. The van der Waals surface area contributed by atoms with Crippen LogP contribution in [-0.4, -0.2) is 7.11 Å². The Balaban J connectivity index is 1.67. The van der Waals surface area contributed by atoms with Gasteiger partial charge in [-0.05, 0) is 49.2 Å². The lowest BCUT2D eigenvalue weighted by molar-refractivity contribution is 0.284. The van der Waals surface area contributed by atoms with Crippen LogP contribution in [0.5, 0.6) is 11.5 Å². The summed E-state index contributed by atoms with van der Waals surface area (Å²) in [5.41, 5.74) is 5.71. The average Bonchev–Trinajstić information content (AvgIpc) is 2.67. The van der Waals surface area contributed by atoms with Crippen LogP contribution in [0.25, 0.3) is 0 Å². The minimum Gasteiger partial charge on any atom is -0.493 e. The zero-order valence-corrected chi connectivity index (χ0v) is 16.6. The molecule has 0 heterocycles. The summed E-state index contributed by atoms with van der Waals surface area (Å²) < 4.78 is 11.4. The van der Waals surface area contributed by atoms with E-state index in [9.17, 15) is 0 Å². The Bertz CT molecular complexity index is 924. The molecule has 3 aromatic carbocycles. The first kappa shape index (κ1) is 19.1. The molecule has 0 atom stereocenters. The number of hydrogen-bond acceptors (Lipinski definition) is 3. The van der Waals surface area contributed by atoms with Crippen molar-refractivity contribution in [2.24, 2.45) is 0 Å². The van der Waals surface area contributed by atoms with Crippen molar-refractivity contribution in [1.82, 2.24) is 0 Å². The summed E-state index contributed by atoms with van der Waals surface area (Å²) in [6.07, 6.45) is 0. The number of hydrogen-bond donors (Lipinski definition) is 1. The maximum atomic E-state index is 6.19. The summed E-state index contributed by atoms with van der Waals surface area (Å²) in [7, 11) is 1.65. The molecule has 0 fully saturated rings. The summed E-state index contributed by atoms with van der Waals surface area (Å²) in [6.45, 7) is 5.33. The highest BCUT2D eigenvalue weighted by Crippen LogP contribution is 2.30. The van der Waals surface area contributed by atoms with E-state index in [1.54, 1.807) is 7.11 Å². The Morgan fingerprint density at radius 2 is 1.74 bits per heavy atom. The van der Waals surface area contributed by atoms with E-state index in [0.717, 1.165) is 16.8 Å². The monoisotopic (exact) mass is 381 g/mol. The maximum absolute atomic E-state index is 6.19. The van der Waals surface area contributed by atoms with E-state index in [1.807, 2.05) is 42.5 Å². The van der Waals surface area contributed by atoms with Gasteiger partial charge < -0.3 is 14.8 Å². The van der Waals surface area contributed by atoms with Crippen molar-refractivity contribution in [1.29, 1.82) is 0 Å². The molecule has 0 aromatic heterocycles. The smallest absolute Gasteiger partial charge is 0.161 e. The normalized spacial score (nSPS) is 10.5. The Labute approximate surface area is 165 Å². The minimum atomic E-state index is 0.399. The molecule has 3 nitrogen and oxygen atoms in total. The number of rotatable bonds is 7. The predicted octanol–water partition coefficient (Wildman–Crippen LogP) is 6.16. The van der Waals surface area contributed by atoms with E-state index >= 15 is 0 Å². The average molecular weight is 382 g/mol. The molecule has 0 unspecified atom stereocenters. The van der Waals surface area contributed by atoms with E-state index in [-0.39, 0.29) is 0 Å². The van der Waals surface area contributed by atoms with Crippen molar-refractivity contribution < 1.29 is 9.47 Å². The van der Waals surface area contributed by atoms with E-state index in [2.05, 4.69) is 37.4 Å². The van der Waals surface area contributed by atoms with Crippen molar-refractivity contribution in [3.8, 4) is 11.5 Å². The van der Waals surface area contributed by atoms with Gasteiger partial charge in [-0.3, -0.25) is 0 Å². The number of anilines is 1. The number of ether oxygens (including phenoxy) is 2. The summed E-state index contributed by atoms with van der Waals surface area (Å²) in [4.78, 5) is 0. The van der Waals surface area contributed by atoms with Gasteiger partial charge in [-0.25, -0.2) is 0 Å². The molecule has 27 heavy (non-hydrogen) atoms. The zero-order chi connectivity index (χ0) is 19.2. The third-order valence-corrected chi connectivity index (χ3v) is 4.80. The van der Waals surface area contributed by atoms with E-state index < -0.39 is 0 Å². The first-order valence-electron chi connectivity index (χ1n) is 8.91. The Morgan fingerprint density at radius 3 is 2.48 bits per heavy atom. The molecule has 0 bridgehead atoms. The van der Waals surface area contributed by atoms with Gasteiger partial charge in [0, 0.05) is 22.8 Å². The minimum absolute atomic E-state index is 0.399. The molecule has 0 saturated carbocycles. The number of nitrogens with one attached hydrogen (secondary N) is 1. The summed E-state index contributed by atoms with van der Waals surface area (Å²) in [5, 5.41) is 4.18. The fourth-order valence-corrected chi connectivity index (χ4v) is 3.11. The molecular weight excluding hydrogens is 358 g/mol. The van der Waals surface area contributed by atoms with Crippen molar-refractivity contribution in [2.45, 2.75) is 27.0 Å². The first-order chi connectivity index (χ1) is 13.1. The van der Waals surface area contributed by atoms with Gasteiger partial charge in [0.15, 0.2) is 11.5 Å². The predicted molar refractivity (Wildman–Crippen MR) is 112 cm³/mol. The number of halogens is 1. The van der Waals surface area contributed by atoms with Crippen molar-refractivity contribution in [3.63, 3.8) is 0 Å². The highest BCUT2D eigenvalue weighted by Gasteiger charge is 2.08. The quantitative estimate of drug-likeness (QED) is 0.531. The van der Waals surface area contributed by atoms with Gasteiger partial charge in [0.1, 0.15) is 6.61 Å². The molecule has 0 saturated heterocycles. The van der Waals surface area contributed by atoms with Crippen LogP contribution in [-0.2, 0) is 13.2 Å². The van der Waals surface area contributed by atoms with E-state index in [0.29, 0.717) is 29.7 Å². The van der Waals surface area contributed by atoms with Gasteiger partial charge in [0.2, 0.25) is 0 Å². The van der Waals surface area contributed by atoms with Crippen LogP contribution < -0.4 is 14.8 Å². The van der Waals surface area contributed by atoms with Crippen LogP contribution in [0.3, 0.4) is 0 Å². The molecule has 0 aliphatic carbocycles. The Kier molecular flexibility index (Phi) is 6.25. The van der Waals surface area contributed by atoms with Crippen LogP contribution in [0.2, 0.25) is 5.02 Å². The summed E-state index contributed by atoms with van der Waals surface area (Å²) in [5.74, 6) is 1.41. The number of benzene rings is 3. The maximum Gasteiger partial charge on any atom is 0.161 e. The first-order valence-corrected chi connectivity index (χ1v) is 9.29. The highest BCUT2D eigenvalue weighted by molar-refractivity contribution is 6.31. The topological polar surface area (TPSA) is 30.5 Å². The number of methoxy groups -OCH3 is 1. The van der Waals surface area contributed by atoms with Crippen LogP contribution >= 0.6 is 11.6 Å². The SMILES string of the molecule is COc1cc(CNc2ccc(C)cc2C)ccc1OCc1ccccc1Cl. The molecule has 1 N–H and O–H groups in total. The Morgan fingerprint density at radius 1 is 0.926 bits per heavy atom. The molecular formula is C23H24ClNO2. The van der Waals surface area contributed by atoms with E-state index in [4.69, 9.17) is 21.1 Å². The molecule has 4 heteroatoms. The summed E-state index contributed by atoms with van der Waals surface area (Å²) >= 11 is 6.19. The molecule has 140 valence electrons. The van der Waals surface area contributed by atoms with Crippen molar-refractivity contribution in [3.05, 3.63) is 87.9 Å². The third kappa shape index (κ3) is 4.95. The molecule has 3 aromatic rings. The van der Waals surface area contributed by atoms with Gasteiger partial charge in [-0.1, -0.05) is 53.6 Å². The Hall–Kier alpha value is -2.65. The second kappa shape index (κ2) is 8.83. The number of aryl methyl sites for hydroxylation is 2. The van der Waals surface area contributed by atoms with Gasteiger partial charge >= 0.3 is 0 Å². The lowest BCUT2D eigenvalue weighted by Gasteiger charge is -2.14. The molecule has 3 rings (SSSR count). The lowest BCUT2D eigenvalue weighted by atomic mass is 10.1. The second-order valence-corrected chi connectivity index (χ2v) is 6.94. The highest BCUT2D eigenvalue weighted by atomic mass is 35.5. The van der Waals surface area contributed by atoms with Crippen molar-refractivity contribution >= 4 is 17.3 Å². The molecule has 0 amide bonds.